The second-order valence-corrected chi connectivity index (χ2v) is 8.08. The van der Waals surface area contributed by atoms with Crippen molar-refractivity contribution >= 4 is 41.3 Å². The molecule has 5 nitrogen and oxygen atoms in total. The third-order valence-electron chi connectivity index (χ3n) is 4.82. The van der Waals surface area contributed by atoms with Crippen molar-refractivity contribution in [2.75, 3.05) is 19.6 Å². The lowest BCUT2D eigenvalue weighted by molar-refractivity contribution is 0.167. The lowest BCUT2D eigenvalue weighted by atomic mass is 10.0. The van der Waals surface area contributed by atoms with Gasteiger partial charge in [0.1, 0.15) is 5.76 Å². The molecule has 0 atom stereocenters. The Kier molecular flexibility index (Phi) is 9.64. The summed E-state index contributed by atoms with van der Waals surface area (Å²) >= 11 is 1.75. The van der Waals surface area contributed by atoms with Crippen LogP contribution in [0.2, 0.25) is 0 Å². The molecule has 0 spiro atoms. The Bertz CT molecular complexity index is 650. The van der Waals surface area contributed by atoms with Gasteiger partial charge in [-0.1, -0.05) is 6.07 Å². The van der Waals surface area contributed by atoms with Gasteiger partial charge in [-0.25, -0.2) is 4.99 Å². The fourth-order valence-electron chi connectivity index (χ4n) is 3.22. The average molecular weight is 502 g/mol. The van der Waals surface area contributed by atoms with Crippen LogP contribution in [0.1, 0.15) is 37.3 Å². The number of nitrogens with zero attached hydrogens (tertiary/aromatic N) is 2. The monoisotopic (exact) mass is 502 g/mol. The standard InChI is InChI=1S/C20H30N4OS.HI/c1-16(2)24-11-8-17(9-12-24)23-20(22-15-19-6-4-14-26-19)21-10-7-18-5-3-13-25-18;/h3-6,13-14,16-17H,7-12,15H2,1-2H3,(H2,21,22,23);1H. The Balaban J connectivity index is 0.00000261. The summed E-state index contributed by atoms with van der Waals surface area (Å²) in [6.07, 6.45) is 4.91. The van der Waals surface area contributed by atoms with Crippen LogP contribution in [-0.2, 0) is 13.0 Å². The molecule has 0 aromatic carbocycles. The molecule has 3 heterocycles. The maximum absolute atomic E-state index is 5.41. The van der Waals surface area contributed by atoms with Gasteiger partial charge in [-0.2, -0.15) is 0 Å². The Hall–Kier alpha value is -1.06. The van der Waals surface area contributed by atoms with Crippen molar-refractivity contribution in [3.63, 3.8) is 0 Å². The number of nitrogens with one attached hydrogen (secondary N) is 2. The molecular weight excluding hydrogens is 471 g/mol. The molecule has 0 amide bonds. The zero-order valence-electron chi connectivity index (χ0n) is 16.2. The van der Waals surface area contributed by atoms with Crippen molar-refractivity contribution in [1.82, 2.24) is 15.5 Å². The fraction of sp³-hybridized carbons (Fsp3) is 0.550. The largest absolute Gasteiger partial charge is 0.469 e. The minimum atomic E-state index is 0. The SMILES string of the molecule is CC(C)N1CCC(NC(=NCc2cccs2)NCCc2ccco2)CC1.I. The van der Waals surface area contributed by atoms with Crippen LogP contribution < -0.4 is 10.6 Å². The van der Waals surface area contributed by atoms with Crippen molar-refractivity contribution in [2.24, 2.45) is 4.99 Å². The second kappa shape index (κ2) is 11.7. The highest BCUT2D eigenvalue weighted by Crippen LogP contribution is 2.13. The van der Waals surface area contributed by atoms with E-state index in [1.807, 2.05) is 12.1 Å². The van der Waals surface area contributed by atoms with Crippen LogP contribution in [0.15, 0.2) is 45.3 Å². The molecule has 7 heteroatoms. The Morgan fingerprint density at radius 3 is 2.74 bits per heavy atom. The first-order valence-electron chi connectivity index (χ1n) is 9.54. The molecule has 1 aliphatic heterocycles. The van der Waals surface area contributed by atoms with E-state index in [2.05, 4.69) is 46.9 Å². The van der Waals surface area contributed by atoms with E-state index in [1.165, 1.54) is 4.88 Å². The number of piperidine rings is 1. The number of guanidine groups is 1. The fourth-order valence-corrected chi connectivity index (χ4v) is 3.85. The number of thiophene rings is 1. The topological polar surface area (TPSA) is 52.8 Å². The van der Waals surface area contributed by atoms with E-state index >= 15 is 0 Å². The summed E-state index contributed by atoms with van der Waals surface area (Å²) in [6, 6.07) is 9.28. The van der Waals surface area contributed by atoms with E-state index in [0.717, 1.165) is 57.2 Å². The molecular formula is C20H31IN4OS. The molecule has 0 unspecified atom stereocenters. The van der Waals surface area contributed by atoms with Gasteiger partial charge in [0, 0.05) is 43.0 Å². The first-order valence-corrected chi connectivity index (χ1v) is 10.4. The highest BCUT2D eigenvalue weighted by atomic mass is 127. The summed E-state index contributed by atoms with van der Waals surface area (Å²) < 4.78 is 5.41. The van der Waals surface area contributed by atoms with E-state index < -0.39 is 0 Å². The van der Waals surface area contributed by atoms with Crippen molar-refractivity contribution in [1.29, 1.82) is 0 Å². The molecule has 1 aliphatic rings. The van der Waals surface area contributed by atoms with Crippen LogP contribution in [0.25, 0.3) is 0 Å². The summed E-state index contributed by atoms with van der Waals surface area (Å²) in [7, 11) is 0. The van der Waals surface area contributed by atoms with Gasteiger partial charge in [0.25, 0.3) is 0 Å². The van der Waals surface area contributed by atoms with Gasteiger partial charge in [0.05, 0.1) is 12.8 Å². The molecule has 3 rings (SSSR count). The molecule has 2 aromatic rings. The third-order valence-corrected chi connectivity index (χ3v) is 5.68. The molecule has 1 saturated heterocycles. The van der Waals surface area contributed by atoms with Crippen LogP contribution in [0, 0.1) is 0 Å². The molecule has 0 aliphatic carbocycles. The van der Waals surface area contributed by atoms with E-state index in [1.54, 1.807) is 17.6 Å². The van der Waals surface area contributed by atoms with Gasteiger partial charge >= 0.3 is 0 Å². The zero-order valence-corrected chi connectivity index (χ0v) is 19.3. The number of rotatable bonds is 7. The van der Waals surface area contributed by atoms with Crippen LogP contribution in [0.5, 0.6) is 0 Å². The number of aliphatic imine (C=N–C) groups is 1. The molecule has 1 fully saturated rings. The lowest BCUT2D eigenvalue weighted by Gasteiger charge is -2.35. The zero-order chi connectivity index (χ0) is 18.2. The second-order valence-electron chi connectivity index (χ2n) is 7.05. The number of hydrogen-bond donors (Lipinski definition) is 2. The Morgan fingerprint density at radius 2 is 2.11 bits per heavy atom. The van der Waals surface area contributed by atoms with Crippen molar-refractivity contribution in [2.45, 2.75) is 51.7 Å². The predicted octanol–water partition coefficient (Wildman–Crippen LogP) is 4.11. The quantitative estimate of drug-likeness (QED) is 0.340. The molecule has 27 heavy (non-hydrogen) atoms. The minimum absolute atomic E-state index is 0. The third kappa shape index (κ3) is 7.46. The molecule has 0 bridgehead atoms. The van der Waals surface area contributed by atoms with Crippen molar-refractivity contribution < 1.29 is 4.42 Å². The summed E-state index contributed by atoms with van der Waals surface area (Å²) in [5.41, 5.74) is 0. The van der Waals surface area contributed by atoms with Crippen LogP contribution >= 0.6 is 35.3 Å². The van der Waals surface area contributed by atoms with Gasteiger partial charge in [0.2, 0.25) is 0 Å². The minimum Gasteiger partial charge on any atom is -0.469 e. The van der Waals surface area contributed by atoms with Gasteiger partial charge < -0.3 is 20.0 Å². The maximum atomic E-state index is 5.41. The van der Waals surface area contributed by atoms with Crippen molar-refractivity contribution in [3.05, 3.63) is 46.5 Å². The smallest absolute Gasteiger partial charge is 0.191 e. The summed E-state index contributed by atoms with van der Waals surface area (Å²) in [4.78, 5) is 8.62. The van der Waals surface area contributed by atoms with Crippen molar-refractivity contribution in [3.8, 4) is 0 Å². The van der Waals surface area contributed by atoms with Gasteiger partial charge in [-0.15, -0.1) is 35.3 Å². The lowest BCUT2D eigenvalue weighted by Crippen LogP contribution is -2.50. The number of furan rings is 1. The van der Waals surface area contributed by atoms with Gasteiger partial charge in [-0.05, 0) is 50.3 Å². The Morgan fingerprint density at radius 1 is 1.30 bits per heavy atom. The molecule has 2 aromatic heterocycles. The summed E-state index contributed by atoms with van der Waals surface area (Å²) in [5.74, 6) is 1.91. The van der Waals surface area contributed by atoms with E-state index in [4.69, 9.17) is 9.41 Å². The highest BCUT2D eigenvalue weighted by molar-refractivity contribution is 14.0. The first-order chi connectivity index (χ1) is 12.7. The van der Waals surface area contributed by atoms with Gasteiger partial charge in [0.15, 0.2) is 5.96 Å². The molecule has 0 saturated carbocycles. The number of likely N-dealkylation sites (tertiary alicyclic amines) is 1. The molecule has 2 N–H and O–H groups in total. The van der Waals surface area contributed by atoms with Crippen LogP contribution in [0.3, 0.4) is 0 Å². The van der Waals surface area contributed by atoms with Crippen LogP contribution in [-0.4, -0.2) is 42.6 Å². The Labute approximate surface area is 183 Å². The normalized spacial score (nSPS) is 16.3. The molecule has 0 radical (unpaired) electrons. The average Bonchev–Trinajstić information content (AvgIpc) is 3.34. The summed E-state index contributed by atoms with van der Waals surface area (Å²) in [6.45, 7) is 8.39. The van der Waals surface area contributed by atoms with Gasteiger partial charge in [-0.3, -0.25) is 0 Å². The molecule has 150 valence electrons. The first kappa shape index (κ1) is 22.2. The number of hydrogen-bond acceptors (Lipinski definition) is 4. The predicted molar refractivity (Wildman–Crippen MR) is 124 cm³/mol. The van der Waals surface area contributed by atoms with Crippen LogP contribution in [0.4, 0.5) is 0 Å². The highest BCUT2D eigenvalue weighted by Gasteiger charge is 2.21. The maximum Gasteiger partial charge on any atom is 0.191 e. The summed E-state index contributed by atoms with van der Waals surface area (Å²) in [5, 5.41) is 9.22. The number of halogens is 1. The van der Waals surface area contributed by atoms with E-state index in [0.29, 0.717) is 12.1 Å². The van der Waals surface area contributed by atoms with E-state index in [-0.39, 0.29) is 24.0 Å². The van der Waals surface area contributed by atoms with E-state index in [9.17, 15) is 0 Å².